The minimum Gasteiger partial charge on any atom is -0.475 e. The van der Waals surface area contributed by atoms with E-state index in [9.17, 15) is 4.79 Å². The van der Waals surface area contributed by atoms with Gasteiger partial charge in [-0.25, -0.2) is 9.78 Å². The van der Waals surface area contributed by atoms with E-state index in [-0.39, 0.29) is 18.2 Å². The number of rotatable bonds is 6. The first-order chi connectivity index (χ1) is 10.5. The zero-order valence-electron chi connectivity index (χ0n) is 13.0. The number of pyridine rings is 1. The van der Waals surface area contributed by atoms with E-state index in [0.29, 0.717) is 12.4 Å². The van der Waals surface area contributed by atoms with E-state index in [1.54, 1.807) is 17.5 Å². The predicted molar refractivity (Wildman–Crippen MR) is 88.1 cm³/mol. The second-order valence-electron chi connectivity index (χ2n) is 5.24. The first-order valence-electron chi connectivity index (χ1n) is 7.24. The Balaban J connectivity index is 1.78. The number of nitrogens with one attached hydrogen (secondary N) is 2. The summed E-state index contributed by atoms with van der Waals surface area (Å²) in [5.41, 5.74) is 0.926. The van der Waals surface area contributed by atoms with E-state index in [1.165, 1.54) is 0 Å². The summed E-state index contributed by atoms with van der Waals surface area (Å²) in [5.74, 6) is 0.592. The molecule has 0 fully saturated rings. The van der Waals surface area contributed by atoms with Crippen molar-refractivity contribution in [2.75, 3.05) is 0 Å². The molecule has 0 aliphatic rings. The molecule has 2 amide bonds. The molecule has 0 saturated heterocycles. The van der Waals surface area contributed by atoms with Crippen LogP contribution in [0.5, 0.6) is 5.88 Å². The standard InChI is InChI=1S/C16H21N3O2S/c1-11(2)21-15-7-6-13(9-17-15)10-18-16(20)19-12(3)14-5-4-8-22-14/h4-9,11-12H,10H2,1-3H3,(H2,18,19,20). The molecule has 1 atom stereocenters. The third-order valence-electron chi connectivity index (χ3n) is 2.92. The van der Waals surface area contributed by atoms with Crippen molar-refractivity contribution in [3.63, 3.8) is 0 Å². The van der Waals surface area contributed by atoms with E-state index in [2.05, 4.69) is 15.6 Å². The number of carbonyl (C=O) groups is 1. The Bertz CT molecular complexity index is 582. The highest BCUT2D eigenvalue weighted by atomic mass is 32.1. The molecule has 2 N–H and O–H groups in total. The van der Waals surface area contributed by atoms with Crippen molar-refractivity contribution in [1.82, 2.24) is 15.6 Å². The normalized spacial score (nSPS) is 12.0. The number of aromatic nitrogens is 1. The Labute approximate surface area is 134 Å². The number of carbonyl (C=O) groups excluding carboxylic acids is 1. The number of urea groups is 1. The van der Waals surface area contributed by atoms with Crippen LogP contribution in [0.15, 0.2) is 35.8 Å². The molecular formula is C16H21N3O2S. The highest BCUT2D eigenvalue weighted by Crippen LogP contribution is 2.17. The molecule has 0 aromatic carbocycles. The Morgan fingerprint density at radius 2 is 2.14 bits per heavy atom. The van der Waals surface area contributed by atoms with E-state index >= 15 is 0 Å². The maximum absolute atomic E-state index is 11.9. The monoisotopic (exact) mass is 319 g/mol. The SMILES string of the molecule is CC(C)Oc1ccc(CNC(=O)NC(C)c2cccs2)cn1. The highest BCUT2D eigenvalue weighted by Gasteiger charge is 2.09. The van der Waals surface area contributed by atoms with Crippen molar-refractivity contribution < 1.29 is 9.53 Å². The van der Waals surface area contributed by atoms with Gasteiger partial charge in [-0.1, -0.05) is 12.1 Å². The third kappa shape index (κ3) is 5.04. The van der Waals surface area contributed by atoms with Crippen molar-refractivity contribution in [1.29, 1.82) is 0 Å². The summed E-state index contributed by atoms with van der Waals surface area (Å²) in [6, 6.07) is 7.50. The average Bonchev–Trinajstić information content (AvgIpc) is 3.00. The molecular weight excluding hydrogens is 298 g/mol. The molecule has 0 aliphatic heterocycles. The van der Waals surface area contributed by atoms with E-state index < -0.39 is 0 Å². The second-order valence-corrected chi connectivity index (χ2v) is 6.21. The fraction of sp³-hybridized carbons (Fsp3) is 0.375. The van der Waals surface area contributed by atoms with Gasteiger partial charge in [-0.3, -0.25) is 0 Å². The summed E-state index contributed by atoms with van der Waals surface area (Å²) in [5, 5.41) is 7.73. The van der Waals surface area contributed by atoms with Crippen molar-refractivity contribution in [2.24, 2.45) is 0 Å². The largest absolute Gasteiger partial charge is 0.475 e. The molecule has 22 heavy (non-hydrogen) atoms. The van der Waals surface area contributed by atoms with Gasteiger partial charge in [0.05, 0.1) is 12.1 Å². The Morgan fingerprint density at radius 1 is 1.32 bits per heavy atom. The van der Waals surface area contributed by atoms with Gasteiger partial charge in [0.1, 0.15) is 0 Å². The molecule has 5 nitrogen and oxygen atoms in total. The Morgan fingerprint density at radius 3 is 2.73 bits per heavy atom. The molecule has 0 aliphatic carbocycles. The molecule has 0 saturated carbocycles. The number of amides is 2. The van der Waals surface area contributed by atoms with Gasteiger partial charge in [0.2, 0.25) is 5.88 Å². The smallest absolute Gasteiger partial charge is 0.315 e. The summed E-state index contributed by atoms with van der Waals surface area (Å²) >= 11 is 1.63. The molecule has 1 unspecified atom stereocenters. The average molecular weight is 319 g/mol. The van der Waals surface area contributed by atoms with Crippen LogP contribution in [-0.4, -0.2) is 17.1 Å². The number of hydrogen-bond donors (Lipinski definition) is 2. The highest BCUT2D eigenvalue weighted by molar-refractivity contribution is 7.10. The van der Waals surface area contributed by atoms with Crippen LogP contribution in [0.3, 0.4) is 0 Å². The lowest BCUT2D eigenvalue weighted by Crippen LogP contribution is -2.36. The van der Waals surface area contributed by atoms with Crippen LogP contribution in [-0.2, 0) is 6.54 Å². The molecule has 2 aromatic rings. The van der Waals surface area contributed by atoms with Gasteiger partial charge in [-0.05, 0) is 37.8 Å². The van der Waals surface area contributed by atoms with Gasteiger partial charge in [0.25, 0.3) is 0 Å². The van der Waals surface area contributed by atoms with Crippen LogP contribution >= 0.6 is 11.3 Å². The second kappa shape index (κ2) is 7.79. The fourth-order valence-electron chi connectivity index (χ4n) is 1.87. The lowest BCUT2D eigenvalue weighted by atomic mass is 10.3. The quantitative estimate of drug-likeness (QED) is 0.856. The number of hydrogen-bond acceptors (Lipinski definition) is 4. The maximum Gasteiger partial charge on any atom is 0.315 e. The summed E-state index contributed by atoms with van der Waals surface area (Å²) in [4.78, 5) is 17.2. The van der Waals surface area contributed by atoms with Crippen molar-refractivity contribution in [3.8, 4) is 5.88 Å². The van der Waals surface area contributed by atoms with Crippen LogP contribution in [0.2, 0.25) is 0 Å². The van der Waals surface area contributed by atoms with Crippen LogP contribution < -0.4 is 15.4 Å². The summed E-state index contributed by atoms with van der Waals surface area (Å²) in [7, 11) is 0. The van der Waals surface area contributed by atoms with Gasteiger partial charge in [-0.15, -0.1) is 11.3 Å². The van der Waals surface area contributed by atoms with Crippen molar-refractivity contribution in [2.45, 2.75) is 39.5 Å². The Kier molecular flexibility index (Phi) is 5.77. The van der Waals surface area contributed by atoms with E-state index in [0.717, 1.165) is 10.4 Å². The Hall–Kier alpha value is -2.08. The third-order valence-corrected chi connectivity index (χ3v) is 3.98. The number of nitrogens with zero attached hydrogens (tertiary/aromatic N) is 1. The number of thiophene rings is 1. The summed E-state index contributed by atoms with van der Waals surface area (Å²) in [6.45, 7) is 6.30. The molecule has 6 heteroatoms. The van der Waals surface area contributed by atoms with Crippen LogP contribution in [0, 0.1) is 0 Å². The van der Waals surface area contributed by atoms with Gasteiger partial charge in [-0.2, -0.15) is 0 Å². The lowest BCUT2D eigenvalue weighted by molar-refractivity contribution is 0.232. The fourth-order valence-corrected chi connectivity index (χ4v) is 2.60. The van der Waals surface area contributed by atoms with Gasteiger partial charge >= 0.3 is 6.03 Å². The molecule has 2 rings (SSSR count). The molecule has 118 valence electrons. The first kappa shape index (κ1) is 16.3. The molecule has 0 spiro atoms. The molecule has 0 bridgehead atoms. The van der Waals surface area contributed by atoms with E-state index in [1.807, 2.05) is 50.4 Å². The van der Waals surface area contributed by atoms with Crippen molar-refractivity contribution >= 4 is 17.4 Å². The zero-order chi connectivity index (χ0) is 15.9. The minimum absolute atomic E-state index is 0.0000530. The predicted octanol–water partition coefficient (Wildman–Crippen LogP) is 3.49. The minimum atomic E-state index is -0.191. The van der Waals surface area contributed by atoms with Crippen LogP contribution in [0.4, 0.5) is 4.79 Å². The lowest BCUT2D eigenvalue weighted by Gasteiger charge is -2.13. The summed E-state index contributed by atoms with van der Waals surface area (Å²) < 4.78 is 5.48. The summed E-state index contributed by atoms with van der Waals surface area (Å²) in [6.07, 6.45) is 1.81. The molecule has 2 heterocycles. The first-order valence-corrected chi connectivity index (χ1v) is 8.12. The van der Waals surface area contributed by atoms with Crippen LogP contribution in [0.1, 0.15) is 37.3 Å². The molecule has 0 radical (unpaired) electrons. The van der Waals surface area contributed by atoms with E-state index in [4.69, 9.17) is 4.74 Å². The molecule has 2 aromatic heterocycles. The van der Waals surface area contributed by atoms with Crippen LogP contribution in [0.25, 0.3) is 0 Å². The van der Waals surface area contributed by atoms with Crippen molar-refractivity contribution in [3.05, 3.63) is 46.3 Å². The maximum atomic E-state index is 11.9. The van der Waals surface area contributed by atoms with Gasteiger partial charge in [0, 0.05) is 23.7 Å². The zero-order valence-corrected chi connectivity index (χ0v) is 13.8. The number of ether oxygens (including phenoxy) is 1. The topological polar surface area (TPSA) is 63.2 Å². The van der Waals surface area contributed by atoms with Gasteiger partial charge in [0.15, 0.2) is 0 Å². The van der Waals surface area contributed by atoms with Gasteiger partial charge < -0.3 is 15.4 Å².